The molecule has 1 fully saturated rings. The molecule has 0 spiro atoms. The number of nitrogens with two attached hydrogens (primary N) is 1. The number of thiazole rings is 1. The zero-order valence-electron chi connectivity index (χ0n) is 8.85. The van der Waals surface area contributed by atoms with E-state index in [-0.39, 0.29) is 0 Å². The second kappa shape index (κ2) is 4.77. The number of hydrogen-bond acceptors (Lipinski definition) is 4. The quantitative estimate of drug-likeness (QED) is 0.800. The van der Waals surface area contributed by atoms with Gasteiger partial charge in [-0.15, -0.1) is 17.9 Å². The predicted molar refractivity (Wildman–Crippen MR) is 64.9 cm³/mol. The molecule has 1 aliphatic rings. The molecule has 1 saturated heterocycles. The number of nitrogen functional groups attached to an aromatic ring is 1. The predicted octanol–water partition coefficient (Wildman–Crippen LogP) is 2.44. The van der Waals surface area contributed by atoms with Gasteiger partial charge in [-0.2, -0.15) is 0 Å². The van der Waals surface area contributed by atoms with Gasteiger partial charge in [-0.25, -0.2) is 4.98 Å². The highest BCUT2D eigenvalue weighted by molar-refractivity contribution is 7.13. The number of likely N-dealkylation sites (tertiary alicyclic amines) is 1. The summed E-state index contributed by atoms with van der Waals surface area (Å²) in [5, 5.41) is 2.76. The van der Waals surface area contributed by atoms with Crippen LogP contribution in [0.4, 0.5) is 5.13 Å². The number of hydrogen-bond donors (Lipinski definition) is 1. The van der Waals surface area contributed by atoms with Crippen LogP contribution in [-0.2, 0) is 0 Å². The van der Waals surface area contributed by atoms with Crippen LogP contribution in [0.25, 0.3) is 0 Å². The van der Waals surface area contributed by atoms with Crippen LogP contribution in [0, 0.1) is 0 Å². The van der Waals surface area contributed by atoms with E-state index in [4.69, 9.17) is 5.73 Å². The molecule has 0 bridgehead atoms. The highest BCUT2D eigenvalue weighted by atomic mass is 32.1. The molecule has 2 N–H and O–H groups in total. The first-order chi connectivity index (χ1) is 7.31. The third-order valence-electron chi connectivity index (χ3n) is 2.86. The molecule has 0 amide bonds. The van der Waals surface area contributed by atoms with Crippen molar-refractivity contribution >= 4 is 16.5 Å². The Morgan fingerprint density at radius 3 is 3.20 bits per heavy atom. The Morgan fingerprint density at radius 1 is 1.67 bits per heavy atom. The average molecular weight is 223 g/mol. The minimum absolute atomic E-state index is 0.449. The first kappa shape index (κ1) is 10.6. The number of nitrogens with zero attached hydrogens (tertiary/aromatic N) is 2. The van der Waals surface area contributed by atoms with Crippen molar-refractivity contribution in [2.75, 3.05) is 18.8 Å². The normalized spacial score (nSPS) is 22.8. The fraction of sp³-hybridized carbons (Fsp3) is 0.545. The lowest BCUT2D eigenvalue weighted by molar-refractivity contribution is 0.163. The van der Waals surface area contributed by atoms with E-state index in [1.807, 2.05) is 6.08 Å². The van der Waals surface area contributed by atoms with Crippen LogP contribution in [0.15, 0.2) is 18.0 Å². The monoisotopic (exact) mass is 223 g/mol. The second-order valence-electron chi connectivity index (χ2n) is 3.91. The molecule has 1 aromatic heterocycles. The maximum Gasteiger partial charge on any atom is 0.180 e. The standard InChI is InChI=1S/C11H17N3S/c1-2-6-14-7-4-3-5-10(14)9-8-15-11(12)13-9/h2,8,10H,1,3-7H2,(H2,12,13). The molecule has 15 heavy (non-hydrogen) atoms. The van der Waals surface area contributed by atoms with E-state index < -0.39 is 0 Å². The lowest BCUT2D eigenvalue weighted by Gasteiger charge is -2.33. The van der Waals surface area contributed by atoms with Gasteiger partial charge in [-0.05, 0) is 19.4 Å². The molecular formula is C11H17N3S. The van der Waals surface area contributed by atoms with Crippen LogP contribution in [0.3, 0.4) is 0 Å². The summed E-state index contributed by atoms with van der Waals surface area (Å²) in [6, 6.07) is 0.449. The SMILES string of the molecule is C=CCN1CCCCC1c1csc(N)n1. The third-order valence-corrected chi connectivity index (χ3v) is 3.55. The van der Waals surface area contributed by atoms with Crippen LogP contribution >= 0.6 is 11.3 Å². The molecule has 0 saturated carbocycles. The fourth-order valence-corrected chi connectivity index (χ4v) is 2.77. The smallest absolute Gasteiger partial charge is 0.180 e. The van der Waals surface area contributed by atoms with E-state index in [1.54, 1.807) is 0 Å². The van der Waals surface area contributed by atoms with E-state index in [2.05, 4.69) is 21.8 Å². The van der Waals surface area contributed by atoms with Crippen molar-refractivity contribution in [3.05, 3.63) is 23.7 Å². The molecule has 0 aliphatic carbocycles. The maximum atomic E-state index is 5.67. The van der Waals surface area contributed by atoms with Gasteiger partial charge in [0, 0.05) is 11.9 Å². The summed E-state index contributed by atoms with van der Waals surface area (Å²) in [6.07, 6.45) is 5.73. The van der Waals surface area contributed by atoms with Gasteiger partial charge in [0.1, 0.15) is 0 Å². The van der Waals surface area contributed by atoms with Crippen molar-refractivity contribution in [2.24, 2.45) is 0 Å². The van der Waals surface area contributed by atoms with Crippen molar-refractivity contribution in [1.82, 2.24) is 9.88 Å². The molecule has 4 heteroatoms. The summed E-state index contributed by atoms with van der Waals surface area (Å²) in [5.74, 6) is 0. The zero-order valence-corrected chi connectivity index (χ0v) is 9.67. The van der Waals surface area contributed by atoms with Crippen LogP contribution in [0.5, 0.6) is 0 Å². The van der Waals surface area contributed by atoms with Crippen LogP contribution in [0.2, 0.25) is 0 Å². The molecule has 1 unspecified atom stereocenters. The van der Waals surface area contributed by atoms with Gasteiger partial charge < -0.3 is 5.73 Å². The minimum atomic E-state index is 0.449. The Hall–Kier alpha value is -0.870. The number of rotatable bonds is 3. The number of aromatic nitrogens is 1. The second-order valence-corrected chi connectivity index (χ2v) is 4.80. The van der Waals surface area contributed by atoms with Crippen molar-refractivity contribution in [2.45, 2.75) is 25.3 Å². The fourth-order valence-electron chi connectivity index (χ4n) is 2.16. The third kappa shape index (κ3) is 2.38. The highest BCUT2D eigenvalue weighted by Gasteiger charge is 2.24. The topological polar surface area (TPSA) is 42.1 Å². The van der Waals surface area contributed by atoms with E-state index in [9.17, 15) is 0 Å². The minimum Gasteiger partial charge on any atom is -0.375 e. The molecule has 2 heterocycles. The Bertz CT molecular complexity index is 334. The summed E-state index contributed by atoms with van der Waals surface area (Å²) in [7, 11) is 0. The van der Waals surface area contributed by atoms with Crippen LogP contribution in [-0.4, -0.2) is 23.0 Å². The van der Waals surface area contributed by atoms with E-state index in [1.165, 1.54) is 30.6 Å². The van der Waals surface area contributed by atoms with Crippen LogP contribution in [0.1, 0.15) is 31.0 Å². The van der Waals surface area contributed by atoms with Gasteiger partial charge in [-0.1, -0.05) is 12.5 Å². The van der Waals surface area contributed by atoms with E-state index in [0.29, 0.717) is 11.2 Å². The van der Waals surface area contributed by atoms with Gasteiger partial charge in [0.15, 0.2) is 5.13 Å². The molecule has 1 aromatic rings. The van der Waals surface area contributed by atoms with Gasteiger partial charge >= 0.3 is 0 Å². The van der Waals surface area contributed by atoms with Crippen molar-refractivity contribution in [1.29, 1.82) is 0 Å². The molecule has 1 atom stereocenters. The summed E-state index contributed by atoms with van der Waals surface area (Å²) in [6.45, 7) is 5.90. The molecule has 3 nitrogen and oxygen atoms in total. The molecular weight excluding hydrogens is 206 g/mol. The molecule has 0 aromatic carbocycles. The van der Waals surface area contributed by atoms with E-state index >= 15 is 0 Å². The van der Waals surface area contributed by atoms with Crippen molar-refractivity contribution in [3.8, 4) is 0 Å². The van der Waals surface area contributed by atoms with Gasteiger partial charge in [-0.3, -0.25) is 4.90 Å². The summed E-state index contributed by atoms with van der Waals surface area (Å²) < 4.78 is 0. The van der Waals surface area contributed by atoms with Crippen molar-refractivity contribution < 1.29 is 0 Å². The maximum absolute atomic E-state index is 5.67. The Balaban J connectivity index is 2.13. The summed E-state index contributed by atoms with van der Waals surface area (Å²) >= 11 is 1.53. The Morgan fingerprint density at radius 2 is 2.53 bits per heavy atom. The molecule has 0 radical (unpaired) electrons. The van der Waals surface area contributed by atoms with Gasteiger partial charge in [0.2, 0.25) is 0 Å². The van der Waals surface area contributed by atoms with Crippen molar-refractivity contribution in [3.63, 3.8) is 0 Å². The van der Waals surface area contributed by atoms with Gasteiger partial charge in [0.25, 0.3) is 0 Å². The lowest BCUT2D eigenvalue weighted by atomic mass is 10.00. The average Bonchev–Trinajstić information content (AvgIpc) is 2.66. The molecule has 2 rings (SSSR count). The Kier molecular flexibility index (Phi) is 3.38. The lowest BCUT2D eigenvalue weighted by Crippen LogP contribution is -2.33. The molecule has 1 aliphatic heterocycles. The largest absolute Gasteiger partial charge is 0.375 e. The summed E-state index contributed by atoms with van der Waals surface area (Å²) in [5.41, 5.74) is 6.81. The van der Waals surface area contributed by atoms with Crippen LogP contribution < -0.4 is 5.73 Å². The highest BCUT2D eigenvalue weighted by Crippen LogP contribution is 2.31. The first-order valence-electron chi connectivity index (χ1n) is 5.37. The van der Waals surface area contributed by atoms with E-state index in [0.717, 1.165) is 18.8 Å². The first-order valence-corrected chi connectivity index (χ1v) is 6.25. The number of anilines is 1. The molecule has 82 valence electrons. The zero-order chi connectivity index (χ0) is 10.7. The van der Waals surface area contributed by atoms with Gasteiger partial charge in [0.05, 0.1) is 11.7 Å². The Labute approximate surface area is 94.6 Å². The number of piperidine rings is 1. The summed E-state index contributed by atoms with van der Waals surface area (Å²) in [4.78, 5) is 6.82.